The van der Waals surface area contributed by atoms with E-state index in [9.17, 15) is 4.79 Å². The van der Waals surface area contributed by atoms with Gasteiger partial charge in [0.25, 0.3) is 0 Å². The SMILES string of the molecule is CCOCCCNC(=O)CCc1ccc(C(C)C)cc1. The molecule has 1 rings (SSSR count). The number of hydrogen-bond acceptors (Lipinski definition) is 2. The standard InChI is InChI=1S/C17H27NO2/c1-4-20-13-5-12-18-17(19)11-8-15-6-9-16(10-7-15)14(2)3/h6-7,9-10,14H,4-5,8,11-13H2,1-3H3,(H,18,19). The van der Waals surface area contributed by atoms with Crippen molar-refractivity contribution in [3.63, 3.8) is 0 Å². The fraction of sp³-hybridized carbons (Fsp3) is 0.588. The third-order valence-electron chi connectivity index (χ3n) is 3.28. The first-order valence-electron chi connectivity index (χ1n) is 7.56. The van der Waals surface area contributed by atoms with Crippen molar-refractivity contribution in [2.45, 2.75) is 46.0 Å². The summed E-state index contributed by atoms with van der Waals surface area (Å²) in [6.07, 6.45) is 2.23. The molecule has 0 unspecified atom stereocenters. The third kappa shape index (κ3) is 6.71. The quantitative estimate of drug-likeness (QED) is 0.703. The molecule has 0 saturated carbocycles. The topological polar surface area (TPSA) is 38.3 Å². The number of carbonyl (C=O) groups excluding carboxylic acids is 1. The van der Waals surface area contributed by atoms with Crippen LogP contribution in [0.25, 0.3) is 0 Å². The predicted octanol–water partition coefficient (Wildman–Crippen LogP) is 3.29. The molecule has 1 aromatic carbocycles. The van der Waals surface area contributed by atoms with Crippen molar-refractivity contribution < 1.29 is 9.53 Å². The van der Waals surface area contributed by atoms with Crippen LogP contribution in [0.1, 0.15) is 50.7 Å². The normalized spacial score (nSPS) is 10.8. The fourth-order valence-corrected chi connectivity index (χ4v) is 1.96. The molecule has 0 aliphatic rings. The van der Waals surface area contributed by atoms with Gasteiger partial charge in [0.1, 0.15) is 0 Å². The van der Waals surface area contributed by atoms with Crippen LogP contribution in [-0.4, -0.2) is 25.7 Å². The van der Waals surface area contributed by atoms with Crippen molar-refractivity contribution in [3.05, 3.63) is 35.4 Å². The molecular formula is C17H27NO2. The van der Waals surface area contributed by atoms with Crippen LogP contribution in [0.15, 0.2) is 24.3 Å². The molecule has 0 aliphatic carbocycles. The number of nitrogens with one attached hydrogen (secondary N) is 1. The van der Waals surface area contributed by atoms with Crippen molar-refractivity contribution in [2.75, 3.05) is 19.8 Å². The molecule has 0 aromatic heterocycles. The summed E-state index contributed by atoms with van der Waals surface area (Å²) in [7, 11) is 0. The van der Waals surface area contributed by atoms with E-state index in [-0.39, 0.29) is 5.91 Å². The molecule has 1 amide bonds. The molecule has 0 saturated heterocycles. The maximum Gasteiger partial charge on any atom is 0.220 e. The lowest BCUT2D eigenvalue weighted by atomic mass is 10.0. The highest BCUT2D eigenvalue weighted by atomic mass is 16.5. The number of ether oxygens (including phenoxy) is 1. The van der Waals surface area contributed by atoms with Gasteiger partial charge in [-0.1, -0.05) is 38.1 Å². The zero-order chi connectivity index (χ0) is 14.8. The molecule has 3 heteroatoms. The van der Waals surface area contributed by atoms with E-state index in [1.54, 1.807) is 0 Å². The first-order chi connectivity index (χ1) is 9.63. The third-order valence-corrected chi connectivity index (χ3v) is 3.28. The number of aryl methyl sites for hydroxylation is 1. The van der Waals surface area contributed by atoms with Crippen LogP contribution in [-0.2, 0) is 16.0 Å². The highest BCUT2D eigenvalue weighted by molar-refractivity contribution is 5.76. The summed E-state index contributed by atoms with van der Waals surface area (Å²) in [5, 5.41) is 2.92. The van der Waals surface area contributed by atoms with Gasteiger partial charge in [-0.05, 0) is 36.8 Å². The smallest absolute Gasteiger partial charge is 0.220 e. The summed E-state index contributed by atoms with van der Waals surface area (Å²) in [4.78, 5) is 11.7. The number of benzene rings is 1. The molecule has 0 bridgehead atoms. The molecule has 20 heavy (non-hydrogen) atoms. The van der Waals surface area contributed by atoms with Gasteiger partial charge in [0.2, 0.25) is 5.91 Å². The van der Waals surface area contributed by atoms with E-state index in [4.69, 9.17) is 4.74 Å². The van der Waals surface area contributed by atoms with E-state index in [0.29, 0.717) is 25.5 Å². The van der Waals surface area contributed by atoms with Crippen LogP contribution in [0, 0.1) is 0 Å². The van der Waals surface area contributed by atoms with E-state index in [2.05, 4.69) is 43.4 Å². The molecule has 0 atom stereocenters. The molecule has 0 fully saturated rings. The Hall–Kier alpha value is -1.35. The lowest BCUT2D eigenvalue weighted by Crippen LogP contribution is -2.25. The van der Waals surface area contributed by atoms with Gasteiger partial charge in [-0.3, -0.25) is 4.79 Å². The second kappa shape index (κ2) is 9.54. The van der Waals surface area contributed by atoms with Crippen molar-refractivity contribution in [1.82, 2.24) is 5.32 Å². The van der Waals surface area contributed by atoms with Crippen LogP contribution < -0.4 is 5.32 Å². The van der Waals surface area contributed by atoms with Gasteiger partial charge in [0.15, 0.2) is 0 Å². The van der Waals surface area contributed by atoms with Crippen LogP contribution >= 0.6 is 0 Å². The lowest BCUT2D eigenvalue weighted by Gasteiger charge is -2.08. The van der Waals surface area contributed by atoms with E-state index < -0.39 is 0 Å². The molecule has 0 spiro atoms. The van der Waals surface area contributed by atoms with Gasteiger partial charge in [-0.2, -0.15) is 0 Å². The average Bonchev–Trinajstić information content (AvgIpc) is 2.45. The van der Waals surface area contributed by atoms with Gasteiger partial charge in [0.05, 0.1) is 0 Å². The van der Waals surface area contributed by atoms with Crippen LogP contribution in [0.4, 0.5) is 0 Å². The maximum absolute atomic E-state index is 11.7. The molecule has 0 heterocycles. The second-order valence-electron chi connectivity index (χ2n) is 5.30. The van der Waals surface area contributed by atoms with Crippen LogP contribution in [0.3, 0.4) is 0 Å². The summed E-state index contributed by atoms with van der Waals surface area (Å²) in [5.74, 6) is 0.673. The van der Waals surface area contributed by atoms with E-state index in [1.165, 1.54) is 11.1 Å². The minimum absolute atomic E-state index is 0.120. The minimum atomic E-state index is 0.120. The molecule has 1 aromatic rings. The Labute approximate surface area is 122 Å². The van der Waals surface area contributed by atoms with Crippen molar-refractivity contribution in [1.29, 1.82) is 0 Å². The average molecular weight is 277 g/mol. The van der Waals surface area contributed by atoms with Crippen LogP contribution in [0.5, 0.6) is 0 Å². The monoisotopic (exact) mass is 277 g/mol. The second-order valence-corrected chi connectivity index (χ2v) is 5.30. The summed E-state index contributed by atoms with van der Waals surface area (Å²) >= 11 is 0. The number of hydrogen-bond donors (Lipinski definition) is 1. The van der Waals surface area contributed by atoms with Crippen molar-refractivity contribution in [3.8, 4) is 0 Å². The fourth-order valence-electron chi connectivity index (χ4n) is 1.96. The Bertz CT molecular complexity index is 384. The Kier molecular flexibility index (Phi) is 7.97. The lowest BCUT2D eigenvalue weighted by molar-refractivity contribution is -0.121. The molecule has 0 aliphatic heterocycles. The Morgan fingerprint density at radius 3 is 2.55 bits per heavy atom. The van der Waals surface area contributed by atoms with Gasteiger partial charge in [0, 0.05) is 26.2 Å². The van der Waals surface area contributed by atoms with Crippen molar-refractivity contribution >= 4 is 5.91 Å². The number of amides is 1. The first kappa shape index (κ1) is 16.7. The molecule has 3 nitrogen and oxygen atoms in total. The minimum Gasteiger partial charge on any atom is -0.382 e. The summed E-state index contributed by atoms with van der Waals surface area (Å²) in [5.41, 5.74) is 2.56. The summed E-state index contributed by atoms with van der Waals surface area (Å²) in [6, 6.07) is 8.55. The Morgan fingerprint density at radius 2 is 1.95 bits per heavy atom. The number of rotatable bonds is 9. The highest BCUT2D eigenvalue weighted by Crippen LogP contribution is 2.15. The van der Waals surface area contributed by atoms with Gasteiger partial charge in [-0.15, -0.1) is 0 Å². The predicted molar refractivity (Wildman–Crippen MR) is 83.0 cm³/mol. The number of carbonyl (C=O) groups is 1. The zero-order valence-corrected chi connectivity index (χ0v) is 12.9. The molecule has 112 valence electrons. The summed E-state index contributed by atoms with van der Waals surface area (Å²) < 4.78 is 5.22. The molecule has 1 N–H and O–H groups in total. The molecular weight excluding hydrogens is 250 g/mol. The van der Waals surface area contributed by atoms with Gasteiger partial charge < -0.3 is 10.1 Å². The van der Waals surface area contributed by atoms with Crippen LogP contribution in [0.2, 0.25) is 0 Å². The Morgan fingerprint density at radius 1 is 1.25 bits per heavy atom. The highest BCUT2D eigenvalue weighted by Gasteiger charge is 2.03. The summed E-state index contributed by atoms with van der Waals surface area (Å²) in [6.45, 7) is 8.50. The zero-order valence-electron chi connectivity index (χ0n) is 12.9. The first-order valence-corrected chi connectivity index (χ1v) is 7.56. The maximum atomic E-state index is 11.7. The van der Waals surface area contributed by atoms with Gasteiger partial charge >= 0.3 is 0 Å². The van der Waals surface area contributed by atoms with E-state index in [1.807, 2.05) is 6.92 Å². The Balaban J connectivity index is 2.20. The largest absolute Gasteiger partial charge is 0.382 e. The van der Waals surface area contributed by atoms with E-state index >= 15 is 0 Å². The molecule has 0 radical (unpaired) electrons. The van der Waals surface area contributed by atoms with E-state index in [0.717, 1.165) is 19.4 Å². The van der Waals surface area contributed by atoms with Gasteiger partial charge in [-0.25, -0.2) is 0 Å². The van der Waals surface area contributed by atoms with Crippen molar-refractivity contribution in [2.24, 2.45) is 0 Å².